The number of nitrogens with one attached hydrogen (secondary N) is 2. The maximum atomic E-state index is 12.4. The molecule has 1 aromatic carbocycles. The van der Waals surface area contributed by atoms with Crippen LogP contribution in [0.2, 0.25) is 0 Å². The number of carbonyl (C=O) groups excluding carboxylic acids is 1. The average molecular weight is 308 g/mol. The van der Waals surface area contributed by atoms with E-state index in [1.165, 1.54) is 0 Å². The summed E-state index contributed by atoms with van der Waals surface area (Å²) in [4.78, 5) is 23.6. The first kappa shape index (κ1) is 15.9. The van der Waals surface area contributed by atoms with Crippen LogP contribution in [-0.4, -0.2) is 41.6 Å². The molecule has 5 nitrogen and oxygen atoms in total. The van der Waals surface area contributed by atoms with Gasteiger partial charge in [0.2, 0.25) is 5.91 Å². The Balaban J connectivity index is 2.08. The van der Waals surface area contributed by atoms with E-state index < -0.39 is 12.0 Å². The van der Waals surface area contributed by atoms with Gasteiger partial charge < -0.3 is 15.7 Å². The lowest BCUT2D eigenvalue weighted by Crippen LogP contribution is -2.46. The highest BCUT2D eigenvalue weighted by atomic mass is 32.2. The largest absolute Gasteiger partial charge is 0.480 e. The Morgan fingerprint density at radius 1 is 1.48 bits per heavy atom. The fraction of sp³-hybridized carbons (Fsp3) is 0.467. The van der Waals surface area contributed by atoms with Gasteiger partial charge >= 0.3 is 5.97 Å². The Morgan fingerprint density at radius 2 is 2.24 bits per heavy atom. The van der Waals surface area contributed by atoms with Gasteiger partial charge in [-0.25, -0.2) is 4.79 Å². The van der Waals surface area contributed by atoms with E-state index in [-0.39, 0.29) is 11.8 Å². The lowest BCUT2D eigenvalue weighted by atomic mass is 9.90. The number of rotatable bonds is 6. The minimum atomic E-state index is -0.977. The molecule has 0 aromatic heterocycles. The zero-order valence-electron chi connectivity index (χ0n) is 12.0. The maximum absolute atomic E-state index is 12.4. The van der Waals surface area contributed by atoms with Crippen LogP contribution in [0.4, 0.5) is 0 Å². The summed E-state index contributed by atoms with van der Waals surface area (Å²) < 4.78 is 0. The topological polar surface area (TPSA) is 78.4 Å². The van der Waals surface area contributed by atoms with Gasteiger partial charge in [-0.15, -0.1) is 0 Å². The van der Waals surface area contributed by atoms with Crippen LogP contribution in [0.1, 0.15) is 23.5 Å². The number of benzene rings is 1. The lowest BCUT2D eigenvalue weighted by molar-refractivity contribution is -0.142. The predicted molar refractivity (Wildman–Crippen MR) is 83.5 cm³/mol. The van der Waals surface area contributed by atoms with E-state index in [0.29, 0.717) is 18.7 Å². The van der Waals surface area contributed by atoms with Crippen molar-refractivity contribution in [2.45, 2.75) is 24.9 Å². The summed E-state index contributed by atoms with van der Waals surface area (Å²) in [5.74, 6) is -0.819. The summed E-state index contributed by atoms with van der Waals surface area (Å²) in [6, 6.07) is 6.97. The van der Waals surface area contributed by atoms with Crippen LogP contribution in [0.25, 0.3) is 0 Å². The van der Waals surface area contributed by atoms with Crippen LogP contribution in [-0.2, 0) is 16.1 Å². The first-order chi connectivity index (χ1) is 10.1. The normalized spacial score (nSPS) is 18.6. The molecule has 1 aliphatic rings. The van der Waals surface area contributed by atoms with Gasteiger partial charge in [0, 0.05) is 13.1 Å². The molecule has 6 heteroatoms. The van der Waals surface area contributed by atoms with E-state index in [0.717, 1.165) is 17.7 Å². The van der Waals surface area contributed by atoms with Gasteiger partial charge in [0.15, 0.2) is 0 Å². The highest BCUT2D eigenvalue weighted by Crippen LogP contribution is 2.24. The Hall–Kier alpha value is -1.53. The van der Waals surface area contributed by atoms with E-state index in [1.807, 2.05) is 30.5 Å². The quantitative estimate of drug-likeness (QED) is 0.736. The standard InChI is InChI=1S/C15H20N2O3S/c1-21-7-6-13(15(19)20)17-14(18)12-9-16-8-10-4-2-3-5-11(10)12/h2-5,12-13,16H,6-9H2,1H3,(H,17,18)(H,19,20). The van der Waals surface area contributed by atoms with Crippen molar-refractivity contribution >= 4 is 23.6 Å². The first-order valence-electron chi connectivity index (χ1n) is 6.94. The maximum Gasteiger partial charge on any atom is 0.326 e. The van der Waals surface area contributed by atoms with Crippen molar-refractivity contribution < 1.29 is 14.7 Å². The molecule has 114 valence electrons. The SMILES string of the molecule is CSCCC(NC(=O)C1CNCc2ccccc21)C(=O)O. The Labute approximate surface area is 128 Å². The monoisotopic (exact) mass is 308 g/mol. The molecular formula is C15H20N2O3S. The van der Waals surface area contributed by atoms with Crippen molar-refractivity contribution in [2.24, 2.45) is 0 Å². The zero-order valence-corrected chi connectivity index (χ0v) is 12.8. The van der Waals surface area contributed by atoms with E-state index in [9.17, 15) is 14.7 Å². The van der Waals surface area contributed by atoms with Crippen LogP contribution in [0.15, 0.2) is 24.3 Å². The lowest BCUT2D eigenvalue weighted by Gasteiger charge is -2.26. The van der Waals surface area contributed by atoms with Crippen LogP contribution >= 0.6 is 11.8 Å². The highest BCUT2D eigenvalue weighted by Gasteiger charge is 2.29. The van der Waals surface area contributed by atoms with Gasteiger partial charge in [0.25, 0.3) is 0 Å². The molecule has 2 unspecified atom stereocenters. The third-order valence-electron chi connectivity index (χ3n) is 3.64. The number of aliphatic carboxylic acids is 1. The smallest absolute Gasteiger partial charge is 0.326 e. The average Bonchev–Trinajstić information content (AvgIpc) is 2.50. The Bertz CT molecular complexity index is 521. The minimum absolute atomic E-state index is 0.219. The molecule has 21 heavy (non-hydrogen) atoms. The minimum Gasteiger partial charge on any atom is -0.480 e. The predicted octanol–water partition coefficient (Wildman–Crippen LogP) is 1.20. The van der Waals surface area contributed by atoms with Gasteiger partial charge in [-0.3, -0.25) is 4.79 Å². The van der Waals surface area contributed by atoms with Crippen molar-refractivity contribution in [1.29, 1.82) is 0 Å². The number of hydrogen-bond acceptors (Lipinski definition) is 4. The molecule has 0 radical (unpaired) electrons. The van der Waals surface area contributed by atoms with Crippen LogP contribution < -0.4 is 10.6 Å². The second kappa shape index (κ2) is 7.47. The van der Waals surface area contributed by atoms with Crippen molar-refractivity contribution in [3.05, 3.63) is 35.4 Å². The van der Waals surface area contributed by atoms with Crippen LogP contribution in [0, 0.1) is 0 Å². The van der Waals surface area contributed by atoms with Gasteiger partial charge in [-0.1, -0.05) is 24.3 Å². The fourth-order valence-corrected chi connectivity index (χ4v) is 2.97. The second-order valence-electron chi connectivity index (χ2n) is 5.06. The molecule has 3 N–H and O–H groups in total. The summed E-state index contributed by atoms with van der Waals surface area (Å²) in [6.07, 6.45) is 2.35. The summed E-state index contributed by atoms with van der Waals surface area (Å²) in [5.41, 5.74) is 2.09. The van der Waals surface area contributed by atoms with Crippen LogP contribution in [0.5, 0.6) is 0 Å². The summed E-state index contributed by atoms with van der Waals surface area (Å²) in [7, 11) is 0. The number of thioether (sulfide) groups is 1. The summed E-state index contributed by atoms with van der Waals surface area (Å²) >= 11 is 1.57. The van der Waals surface area contributed by atoms with Gasteiger partial charge in [0.05, 0.1) is 5.92 Å². The molecule has 0 saturated heterocycles. The van der Waals surface area contributed by atoms with Crippen molar-refractivity contribution in [2.75, 3.05) is 18.6 Å². The number of fused-ring (bicyclic) bond motifs is 1. The molecular weight excluding hydrogens is 288 g/mol. The molecule has 2 rings (SSSR count). The molecule has 1 aliphatic heterocycles. The van der Waals surface area contributed by atoms with Gasteiger partial charge in [-0.05, 0) is 29.6 Å². The van der Waals surface area contributed by atoms with Crippen molar-refractivity contribution in [3.63, 3.8) is 0 Å². The number of carbonyl (C=O) groups is 2. The van der Waals surface area contributed by atoms with E-state index in [1.54, 1.807) is 11.8 Å². The Morgan fingerprint density at radius 3 is 2.95 bits per heavy atom. The molecule has 1 amide bonds. The molecule has 0 saturated carbocycles. The Kier molecular flexibility index (Phi) is 5.64. The fourth-order valence-electron chi connectivity index (χ4n) is 2.50. The van der Waals surface area contributed by atoms with Crippen LogP contribution in [0.3, 0.4) is 0 Å². The molecule has 1 heterocycles. The molecule has 1 aromatic rings. The third-order valence-corrected chi connectivity index (χ3v) is 4.28. The van der Waals surface area contributed by atoms with E-state index in [4.69, 9.17) is 0 Å². The highest BCUT2D eigenvalue weighted by molar-refractivity contribution is 7.98. The zero-order chi connectivity index (χ0) is 15.2. The van der Waals surface area contributed by atoms with Crippen molar-refractivity contribution in [3.8, 4) is 0 Å². The van der Waals surface area contributed by atoms with Gasteiger partial charge in [0.1, 0.15) is 6.04 Å². The number of carboxylic acid groups (broad SMARTS) is 1. The number of amides is 1. The summed E-state index contributed by atoms with van der Waals surface area (Å²) in [6.45, 7) is 1.28. The van der Waals surface area contributed by atoms with Crippen molar-refractivity contribution in [1.82, 2.24) is 10.6 Å². The number of carboxylic acids is 1. The molecule has 2 atom stereocenters. The third kappa shape index (κ3) is 3.98. The molecule has 0 bridgehead atoms. The molecule has 0 spiro atoms. The van der Waals surface area contributed by atoms with E-state index >= 15 is 0 Å². The first-order valence-corrected chi connectivity index (χ1v) is 8.33. The second-order valence-corrected chi connectivity index (χ2v) is 6.05. The summed E-state index contributed by atoms with van der Waals surface area (Å²) in [5, 5.41) is 15.1. The van der Waals surface area contributed by atoms with E-state index in [2.05, 4.69) is 10.6 Å². The number of hydrogen-bond donors (Lipinski definition) is 3. The van der Waals surface area contributed by atoms with Gasteiger partial charge in [-0.2, -0.15) is 11.8 Å². The molecule has 0 fully saturated rings. The molecule has 0 aliphatic carbocycles.